The van der Waals surface area contributed by atoms with Crippen molar-refractivity contribution in [3.8, 4) is 5.75 Å². The summed E-state index contributed by atoms with van der Waals surface area (Å²) in [7, 11) is 0. The molecule has 0 aliphatic carbocycles. The van der Waals surface area contributed by atoms with Crippen LogP contribution in [-0.2, 0) is 0 Å². The van der Waals surface area contributed by atoms with Gasteiger partial charge in [-0.15, -0.1) is 0 Å². The smallest absolute Gasteiger partial charge is 0.133 e. The van der Waals surface area contributed by atoms with E-state index in [0.717, 1.165) is 36.2 Å². The van der Waals surface area contributed by atoms with E-state index in [1.54, 1.807) is 0 Å². The number of rotatable bonds is 3. The Bertz CT molecular complexity index is 351. The highest BCUT2D eigenvalue weighted by molar-refractivity contribution is 9.10. The topological polar surface area (TPSA) is 41.5 Å². The second-order valence-corrected chi connectivity index (χ2v) is 5.05. The molecule has 0 amide bonds. The second kappa shape index (κ2) is 5.17. The Hall–Kier alpha value is -0.580. The first-order chi connectivity index (χ1) is 7.70. The average molecular weight is 286 g/mol. The zero-order chi connectivity index (χ0) is 11.4. The number of hydrogen-bond donors (Lipinski definition) is 2. The molecule has 0 unspecified atom stereocenters. The average Bonchev–Trinajstić information content (AvgIpc) is 2.29. The van der Waals surface area contributed by atoms with Crippen LogP contribution in [0.5, 0.6) is 5.75 Å². The van der Waals surface area contributed by atoms with E-state index in [2.05, 4.69) is 21.2 Å². The number of piperidine rings is 1. The highest BCUT2D eigenvalue weighted by atomic mass is 79.9. The first kappa shape index (κ1) is 11.9. The Kier molecular flexibility index (Phi) is 3.84. The van der Waals surface area contributed by atoms with Crippen LogP contribution in [0.1, 0.15) is 12.8 Å². The maximum absolute atomic E-state index is 10.2. The van der Waals surface area contributed by atoms with Gasteiger partial charge in [-0.25, -0.2) is 0 Å². The van der Waals surface area contributed by atoms with Crippen molar-refractivity contribution in [2.75, 3.05) is 19.7 Å². The molecule has 1 heterocycles. The van der Waals surface area contributed by atoms with Crippen LogP contribution in [0, 0.1) is 0 Å². The molecule has 1 aromatic carbocycles. The summed E-state index contributed by atoms with van der Waals surface area (Å²) in [5.41, 5.74) is -0.680. The van der Waals surface area contributed by atoms with E-state index < -0.39 is 5.60 Å². The van der Waals surface area contributed by atoms with Crippen LogP contribution < -0.4 is 10.1 Å². The predicted octanol–water partition coefficient (Wildman–Crippen LogP) is 1.94. The number of para-hydroxylation sites is 1. The highest BCUT2D eigenvalue weighted by Gasteiger charge is 2.30. The lowest BCUT2D eigenvalue weighted by molar-refractivity contribution is -0.0287. The van der Waals surface area contributed by atoms with E-state index in [1.165, 1.54) is 0 Å². The third kappa shape index (κ3) is 2.97. The van der Waals surface area contributed by atoms with Gasteiger partial charge in [0.25, 0.3) is 0 Å². The Balaban J connectivity index is 1.94. The summed E-state index contributed by atoms with van der Waals surface area (Å²) in [6, 6.07) is 7.69. The van der Waals surface area contributed by atoms with Gasteiger partial charge in [0, 0.05) is 0 Å². The number of aliphatic hydroxyl groups is 1. The van der Waals surface area contributed by atoms with Crippen molar-refractivity contribution in [1.82, 2.24) is 5.32 Å². The van der Waals surface area contributed by atoms with Gasteiger partial charge in [0.2, 0.25) is 0 Å². The molecule has 0 saturated carbocycles. The van der Waals surface area contributed by atoms with Gasteiger partial charge in [0.15, 0.2) is 0 Å². The summed E-state index contributed by atoms with van der Waals surface area (Å²) < 4.78 is 6.58. The Morgan fingerprint density at radius 3 is 2.69 bits per heavy atom. The minimum absolute atomic E-state index is 0.358. The number of halogens is 1. The summed E-state index contributed by atoms with van der Waals surface area (Å²) >= 11 is 3.42. The zero-order valence-corrected chi connectivity index (χ0v) is 10.7. The summed E-state index contributed by atoms with van der Waals surface area (Å²) in [6.07, 6.45) is 1.49. The van der Waals surface area contributed by atoms with E-state index >= 15 is 0 Å². The molecular weight excluding hydrogens is 270 g/mol. The molecular formula is C12H16BrNO2. The van der Waals surface area contributed by atoms with Crippen molar-refractivity contribution in [3.05, 3.63) is 28.7 Å². The number of hydrogen-bond acceptors (Lipinski definition) is 3. The van der Waals surface area contributed by atoms with Gasteiger partial charge in [-0.05, 0) is 54.0 Å². The van der Waals surface area contributed by atoms with Crippen LogP contribution in [0.25, 0.3) is 0 Å². The molecule has 0 atom stereocenters. The molecule has 16 heavy (non-hydrogen) atoms. The number of nitrogens with one attached hydrogen (secondary N) is 1. The fraction of sp³-hybridized carbons (Fsp3) is 0.500. The molecule has 0 radical (unpaired) electrons. The van der Waals surface area contributed by atoms with Crippen LogP contribution in [-0.4, -0.2) is 30.4 Å². The minimum Gasteiger partial charge on any atom is -0.489 e. The van der Waals surface area contributed by atoms with Crippen molar-refractivity contribution in [3.63, 3.8) is 0 Å². The number of benzene rings is 1. The quantitative estimate of drug-likeness (QED) is 0.892. The molecule has 3 nitrogen and oxygen atoms in total. The largest absolute Gasteiger partial charge is 0.489 e. The van der Waals surface area contributed by atoms with Crippen molar-refractivity contribution in [1.29, 1.82) is 0 Å². The molecule has 1 aliphatic rings. The summed E-state index contributed by atoms with van der Waals surface area (Å²) in [5.74, 6) is 0.787. The molecule has 0 bridgehead atoms. The van der Waals surface area contributed by atoms with Crippen molar-refractivity contribution >= 4 is 15.9 Å². The molecule has 1 aliphatic heterocycles. The lowest BCUT2D eigenvalue weighted by Gasteiger charge is -2.32. The van der Waals surface area contributed by atoms with Gasteiger partial charge in [-0.2, -0.15) is 0 Å². The number of ether oxygens (including phenoxy) is 1. The van der Waals surface area contributed by atoms with Gasteiger partial charge in [0.1, 0.15) is 18.0 Å². The van der Waals surface area contributed by atoms with E-state index in [1.807, 2.05) is 24.3 Å². The normalized spacial score (nSPS) is 19.4. The van der Waals surface area contributed by atoms with Gasteiger partial charge >= 0.3 is 0 Å². The molecule has 2 rings (SSSR count). The van der Waals surface area contributed by atoms with E-state index in [0.29, 0.717) is 6.61 Å². The summed E-state index contributed by atoms with van der Waals surface area (Å²) in [5, 5.41) is 13.5. The van der Waals surface area contributed by atoms with Crippen molar-refractivity contribution in [2.45, 2.75) is 18.4 Å². The standard InChI is InChI=1S/C12H16BrNO2/c13-10-3-1-2-4-11(10)16-9-12(15)5-7-14-8-6-12/h1-4,14-15H,5-9H2. The molecule has 88 valence electrons. The van der Waals surface area contributed by atoms with Crippen LogP contribution in [0.4, 0.5) is 0 Å². The van der Waals surface area contributed by atoms with Crippen LogP contribution in [0.15, 0.2) is 28.7 Å². The Morgan fingerprint density at radius 2 is 2.00 bits per heavy atom. The molecule has 2 N–H and O–H groups in total. The van der Waals surface area contributed by atoms with Crippen molar-refractivity contribution < 1.29 is 9.84 Å². The molecule has 0 spiro atoms. The van der Waals surface area contributed by atoms with Gasteiger partial charge in [0.05, 0.1) is 4.47 Å². The maximum Gasteiger partial charge on any atom is 0.133 e. The van der Waals surface area contributed by atoms with Gasteiger partial charge < -0.3 is 15.2 Å². The summed E-state index contributed by atoms with van der Waals surface area (Å²) in [4.78, 5) is 0. The maximum atomic E-state index is 10.2. The first-order valence-electron chi connectivity index (χ1n) is 5.50. The van der Waals surface area contributed by atoms with Crippen LogP contribution in [0.3, 0.4) is 0 Å². The fourth-order valence-electron chi connectivity index (χ4n) is 1.81. The minimum atomic E-state index is -0.680. The zero-order valence-electron chi connectivity index (χ0n) is 9.08. The van der Waals surface area contributed by atoms with E-state index in [4.69, 9.17) is 4.74 Å². The summed E-state index contributed by atoms with van der Waals surface area (Å²) in [6.45, 7) is 2.07. The molecule has 1 aromatic rings. The predicted molar refractivity (Wildman–Crippen MR) is 66.7 cm³/mol. The third-order valence-corrected chi connectivity index (χ3v) is 3.52. The molecule has 0 aromatic heterocycles. The lowest BCUT2D eigenvalue weighted by Crippen LogP contribution is -2.46. The Labute approximate surface area is 104 Å². The fourth-order valence-corrected chi connectivity index (χ4v) is 2.21. The van der Waals surface area contributed by atoms with Gasteiger partial charge in [-0.1, -0.05) is 12.1 Å². The highest BCUT2D eigenvalue weighted by Crippen LogP contribution is 2.26. The van der Waals surface area contributed by atoms with Crippen molar-refractivity contribution in [2.24, 2.45) is 0 Å². The molecule has 4 heteroatoms. The van der Waals surface area contributed by atoms with E-state index in [9.17, 15) is 5.11 Å². The SMILES string of the molecule is OC1(COc2ccccc2Br)CCNCC1. The Morgan fingerprint density at radius 1 is 1.31 bits per heavy atom. The second-order valence-electron chi connectivity index (χ2n) is 4.19. The van der Waals surface area contributed by atoms with E-state index in [-0.39, 0.29) is 0 Å². The third-order valence-electron chi connectivity index (χ3n) is 2.87. The van der Waals surface area contributed by atoms with Crippen LogP contribution >= 0.6 is 15.9 Å². The monoisotopic (exact) mass is 285 g/mol. The van der Waals surface area contributed by atoms with Gasteiger partial charge in [-0.3, -0.25) is 0 Å². The molecule has 1 saturated heterocycles. The first-order valence-corrected chi connectivity index (χ1v) is 6.29. The molecule has 1 fully saturated rings. The lowest BCUT2D eigenvalue weighted by atomic mass is 9.94. The van der Waals surface area contributed by atoms with Crippen LogP contribution in [0.2, 0.25) is 0 Å².